The molecule has 0 radical (unpaired) electrons. The first-order valence-corrected chi connectivity index (χ1v) is 26.1. The first-order valence-electron chi connectivity index (χ1n) is 23.9. The Morgan fingerprint density at radius 2 is 1.54 bits per heavy atom. The molecule has 0 bridgehead atoms. The Kier molecular flexibility index (Phi) is 12.8. The van der Waals surface area contributed by atoms with E-state index in [1.807, 2.05) is 35.2 Å². The number of anilines is 7. The van der Waals surface area contributed by atoms with E-state index in [0.29, 0.717) is 86.7 Å². The summed E-state index contributed by atoms with van der Waals surface area (Å²) in [6, 6.07) is 14.2. The molecule has 0 spiro atoms. The molecule has 5 amide bonds. The number of piperidine rings is 3. The Bertz CT molecular complexity index is 2900. The quantitative estimate of drug-likeness (QED) is 0.174. The van der Waals surface area contributed by atoms with Gasteiger partial charge in [-0.1, -0.05) is 23.7 Å². The van der Waals surface area contributed by atoms with E-state index < -0.39 is 39.7 Å². The number of imide groups is 2. The lowest BCUT2D eigenvalue weighted by Gasteiger charge is -2.44. The van der Waals surface area contributed by atoms with Crippen molar-refractivity contribution in [3.8, 4) is 5.75 Å². The number of halogens is 1. The highest BCUT2D eigenvalue weighted by atomic mass is 35.5. The molecule has 3 aromatic carbocycles. The van der Waals surface area contributed by atoms with Crippen molar-refractivity contribution in [3.63, 3.8) is 0 Å². The van der Waals surface area contributed by atoms with Crippen molar-refractivity contribution in [2.24, 2.45) is 5.92 Å². The number of ether oxygens (including phenoxy) is 1. The molecule has 7 heterocycles. The SMILES string of the molecule is COc1cc(N2CCC(N3CCN(C(=O)C4CCN(c5ccc6c(c5)C(=O)N(C5CCC(=O)NC5=O)C6=O)CC4)CC3)CC2)c(C)cc1Nc1ncc(Cl)c(Nc2cccc3c2N(S(C)(=O)=O)CC3)n1. The predicted octanol–water partition coefficient (Wildman–Crippen LogP) is 4.69. The van der Waals surface area contributed by atoms with E-state index in [-0.39, 0.29) is 46.8 Å². The van der Waals surface area contributed by atoms with Gasteiger partial charge in [0.2, 0.25) is 33.7 Å². The number of nitrogens with zero attached hydrogens (tertiary/aromatic N) is 8. The van der Waals surface area contributed by atoms with Gasteiger partial charge in [0.1, 0.15) is 16.8 Å². The minimum Gasteiger partial charge on any atom is -0.494 e. The smallest absolute Gasteiger partial charge is 0.262 e. The predicted molar refractivity (Wildman–Crippen MR) is 265 cm³/mol. The number of para-hydroxylation sites is 1. The van der Waals surface area contributed by atoms with E-state index in [9.17, 15) is 32.4 Å². The van der Waals surface area contributed by atoms with Gasteiger partial charge in [-0.05, 0) is 86.9 Å². The molecule has 3 N–H and O–H groups in total. The number of aromatic nitrogens is 2. The minimum atomic E-state index is -3.48. The maximum atomic E-state index is 13.8. The van der Waals surface area contributed by atoms with Crippen molar-refractivity contribution in [1.82, 2.24) is 30.0 Å². The van der Waals surface area contributed by atoms with Crippen LogP contribution in [0.15, 0.2) is 54.7 Å². The first kappa shape index (κ1) is 47.2. The summed E-state index contributed by atoms with van der Waals surface area (Å²) in [6.07, 6.45) is 6.83. The minimum absolute atomic E-state index is 0.0656. The molecule has 4 fully saturated rings. The number of sulfonamides is 1. The highest BCUT2D eigenvalue weighted by molar-refractivity contribution is 7.92. The number of methoxy groups -OCH3 is 1. The van der Waals surface area contributed by atoms with Gasteiger partial charge >= 0.3 is 0 Å². The van der Waals surface area contributed by atoms with Gasteiger partial charge in [0.25, 0.3) is 11.8 Å². The summed E-state index contributed by atoms with van der Waals surface area (Å²) in [7, 11) is -1.85. The van der Waals surface area contributed by atoms with Crippen molar-refractivity contribution >= 4 is 91.4 Å². The summed E-state index contributed by atoms with van der Waals surface area (Å²) >= 11 is 6.56. The van der Waals surface area contributed by atoms with Gasteiger partial charge in [-0.3, -0.25) is 43.4 Å². The molecule has 368 valence electrons. The number of carbonyl (C=O) groups excluding carboxylic acids is 5. The number of fused-ring (bicyclic) bond motifs is 2. The van der Waals surface area contributed by atoms with E-state index in [2.05, 4.69) is 47.5 Å². The number of carbonyl (C=O) groups is 5. The largest absolute Gasteiger partial charge is 0.494 e. The molecule has 19 nitrogen and oxygen atoms in total. The van der Waals surface area contributed by atoms with Crippen LogP contribution in [0.2, 0.25) is 5.02 Å². The van der Waals surface area contributed by atoms with Gasteiger partial charge in [-0.15, -0.1) is 0 Å². The number of aryl methyl sites for hydroxylation is 1. The summed E-state index contributed by atoms with van der Waals surface area (Å²) < 4.78 is 32.4. The van der Waals surface area contributed by atoms with Gasteiger partial charge in [-0.25, -0.2) is 13.4 Å². The van der Waals surface area contributed by atoms with Crippen LogP contribution in [0, 0.1) is 12.8 Å². The van der Waals surface area contributed by atoms with Gasteiger partial charge in [-0.2, -0.15) is 4.98 Å². The summed E-state index contributed by atoms with van der Waals surface area (Å²) in [4.78, 5) is 83.8. The van der Waals surface area contributed by atoms with Gasteiger partial charge in [0, 0.05) is 94.7 Å². The fourth-order valence-corrected chi connectivity index (χ4v) is 12.1. The van der Waals surface area contributed by atoms with E-state index in [0.717, 1.165) is 66.4 Å². The molecule has 1 unspecified atom stereocenters. The molecule has 0 aliphatic carbocycles. The zero-order valence-corrected chi connectivity index (χ0v) is 40.9. The highest BCUT2D eigenvalue weighted by Crippen LogP contribution is 2.41. The number of nitrogens with one attached hydrogen (secondary N) is 3. The Balaban J connectivity index is 0.702. The molecular formula is C49H56ClN11O8S. The van der Waals surface area contributed by atoms with Crippen molar-refractivity contribution in [2.45, 2.75) is 64.0 Å². The average Bonchev–Trinajstić information content (AvgIpc) is 3.92. The van der Waals surface area contributed by atoms with Crippen LogP contribution >= 0.6 is 11.6 Å². The molecular weight excluding hydrogens is 938 g/mol. The summed E-state index contributed by atoms with van der Waals surface area (Å²) in [5, 5.41) is 9.06. The number of rotatable bonds is 11. The van der Waals surface area contributed by atoms with Crippen LogP contribution in [-0.4, -0.2) is 147 Å². The Morgan fingerprint density at radius 1 is 0.814 bits per heavy atom. The lowest BCUT2D eigenvalue weighted by molar-refractivity contribution is -0.138. The maximum absolute atomic E-state index is 13.8. The first-order chi connectivity index (χ1) is 33.6. The monoisotopic (exact) mass is 993 g/mol. The summed E-state index contributed by atoms with van der Waals surface area (Å²) in [6.45, 7) is 8.52. The average molecular weight is 995 g/mol. The van der Waals surface area contributed by atoms with Crippen LogP contribution in [-0.2, 0) is 30.8 Å². The maximum Gasteiger partial charge on any atom is 0.262 e. The van der Waals surface area contributed by atoms with Crippen molar-refractivity contribution < 1.29 is 37.1 Å². The van der Waals surface area contributed by atoms with Crippen molar-refractivity contribution in [1.29, 1.82) is 0 Å². The Morgan fingerprint density at radius 3 is 2.26 bits per heavy atom. The fraction of sp³-hybridized carbons (Fsp3) is 0.449. The number of benzene rings is 3. The molecule has 70 heavy (non-hydrogen) atoms. The molecule has 10 rings (SSSR count). The molecule has 4 saturated heterocycles. The highest BCUT2D eigenvalue weighted by Gasteiger charge is 2.45. The summed E-state index contributed by atoms with van der Waals surface area (Å²) in [5.74, 6) is -0.748. The molecule has 6 aliphatic rings. The lowest BCUT2D eigenvalue weighted by atomic mass is 9.94. The lowest BCUT2D eigenvalue weighted by Crippen LogP contribution is -2.55. The van der Waals surface area contributed by atoms with E-state index in [4.69, 9.17) is 16.3 Å². The second kappa shape index (κ2) is 19.0. The molecule has 0 saturated carbocycles. The normalized spacial score (nSPS) is 20.5. The number of amides is 5. The Labute approximate surface area is 411 Å². The second-order valence-electron chi connectivity index (χ2n) is 18.9. The third-order valence-electron chi connectivity index (χ3n) is 14.7. The van der Waals surface area contributed by atoms with Crippen LogP contribution in [0.1, 0.15) is 70.4 Å². The fourth-order valence-electron chi connectivity index (χ4n) is 11.0. The van der Waals surface area contributed by atoms with Gasteiger partial charge in [0.15, 0.2) is 5.82 Å². The van der Waals surface area contributed by atoms with Crippen LogP contribution < -0.4 is 34.8 Å². The summed E-state index contributed by atoms with van der Waals surface area (Å²) in [5.41, 5.74) is 6.23. The van der Waals surface area contributed by atoms with Gasteiger partial charge < -0.3 is 30.1 Å². The molecule has 4 aromatic rings. The number of piperazine rings is 1. The zero-order chi connectivity index (χ0) is 49.0. The Hall–Kier alpha value is -6.51. The molecule has 6 aliphatic heterocycles. The van der Waals surface area contributed by atoms with Crippen LogP contribution in [0.25, 0.3) is 0 Å². The van der Waals surface area contributed by atoms with E-state index in [1.165, 1.54) is 16.8 Å². The van der Waals surface area contributed by atoms with Crippen molar-refractivity contribution in [3.05, 3.63) is 82.0 Å². The van der Waals surface area contributed by atoms with E-state index >= 15 is 0 Å². The second-order valence-corrected chi connectivity index (χ2v) is 21.2. The van der Waals surface area contributed by atoms with Gasteiger partial charge in [0.05, 0.1) is 47.8 Å². The molecule has 1 aromatic heterocycles. The number of hydrogen-bond donors (Lipinski definition) is 3. The van der Waals surface area contributed by atoms with Crippen LogP contribution in [0.4, 0.5) is 40.2 Å². The van der Waals surface area contributed by atoms with Crippen LogP contribution in [0.5, 0.6) is 5.75 Å². The van der Waals surface area contributed by atoms with E-state index in [1.54, 1.807) is 25.3 Å². The third-order valence-corrected chi connectivity index (χ3v) is 16.1. The number of hydrogen-bond acceptors (Lipinski definition) is 15. The third kappa shape index (κ3) is 9.07. The van der Waals surface area contributed by atoms with Crippen LogP contribution in [0.3, 0.4) is 0 Å². The molecule has 1 atom stereocenters. The topological polar surface area (TPSA) is 210 Å². The van der Waals surface area contributed by atoms with Crippen molar-refractivity contribution in [2.75, 3.05) is 97.0 Å². The standard InChI is InChI=1S/C49H56ClN11O8S/c1-29-25-38(53-49-51-28-36(50)44(55-49)52-37-6-4-5-30-13-20-60(43(30)37)70(3,67)68)41(69-2)27-40(29)58-18-14-32(15-19-58)57-21-23-59(24-22-57)46(64)31-11-16-56(17-12-31)33-7-8-34-35(26-33)48(66)61(47(34)65)39-9-10-42(62)54-45(39)63/h4-8,25-28,31-32,39H,9-24H2,1-3H3,(H,54,62,63)(H2,51,52,53,55). The zero-order valence-electron chi connectivity index (χ0n) is 39.4. The molecule has 21 heteroatoms.